The SMILES string of the molecule is COc1ccccc1CNS(=O)(=O)c1cc(C(=O)N2CCCC2)cs1. The number of ether oxygens (including phenoxy) is 1. The monoisotopic (exact) mass is 380 g/mol. The van der Waals surface area contributed by atoms with Crippen molar-refractivity contribution >= 4 is 27.3 Å². The van der Waals surface area contributed by atoms with E-state index < -0.39 is 10.0 Å². The van der Waals surface area contributed by atoms with Crippen LogP contribution in [0.2, 0.25) is 0 Å². The van der Waals surface area contributed by atoms with Crippen molar-refractivity contribution < 1.29 is 17.9 Å². The van der Waals surface area contributed by atoms with Crippen LogP contribution in [-0.4, -0.2) is 39.4 Å². The summed E-state index contributed by atoms with van der Waals surface area (Å²) in [5, 5.41) is 1.61. The van der Waals surface area contributed by atoms with Gasteiger partial charge in [0.25, 0.3) is 5.91 Å². The van der Waals surface area contributed by atoms with Gasteiger partial charge >= 0.3 is 0 Å². The standard InChI is InChI=1S/C17H20N2O4S2/c1-23-15-7-3-2-6-13(15)11-18-25(21,22)16-10-14(12-24-16)17(20)19-8-4-5-9-19/h2-3,6-7,10,12,18H,4-5,8-9,11H2,1H3. The molecule has 0 spiro atoms. The fourth-order valence-electron chi connectivity index (χ4n) is 2.77. The van der Waals surface area contributed by atoms with Gasteiger partial charge in [-0.25, -0.2) is 13.1 Å². The van der Waals surface area contributed by atoms with Crippen molar-refractivity contribution in [2.75, 3.05) is 20.2 Å². The van der Waals surface area contributed by atoms with E-state index in [9.17, 15) is 13.2 Å². The molecule has 2 aromatic rings. The van der Waals surface area contributed by atoms with Gasteiger partial charge < -0.3 is 9.64 Å². The van der Waals surface area contributed by atoms with E-state index in [1.165, 1.54) is 6.07 Å². The molecule has 1 aromatic heterocycles. The highest BCUT2D eigenvalue weighted by molar-refractivity contribution is 7.91. The van der Waals surface area contributed by atoms with Gasteiger partial charge in [-0.15, -0.1) is 11.3 Å². The first-order valence-corrected chi connectivity index (χ1v) is 10.4. The number of para-hydroxylation sites is 1. The van der Waals surface area contributed by atoms with E-state index in [0.29, 0.717) is 11.3 Å². The summed E-state index contributed by atoms with van der Waals surface area (Å²) in [5.74, 6) is 0.529. The average Bonchev–Trinajstić information content (AvgIpc) is 3.31. The number of nitrogens with one attached hydrogen (secondary N) is 1. The Balaban J connectivity index is 1.71. The van der Waals surface area contributed by atoms with Crippen LogP contribution in [0, 0.1) is 0 Å². The molecule has 1 aromatic carbocycles. The van der Waals surface area contributed by atoms with Crippen molar-refractivity contribution in [2.24, 2.45) is 0 Å². The predicted molar refractivity (Wildman–Crippen MR) is 96.5 cm³/mol. The first-order chi connectivity index (χ1) is 12.0. The van der Waals surface area contributed by atoms with Crippen LogP contribution in [0.4, 0.5) is 0 Å². The van der Waals surface area contributed by atoms with Gasteiger partial charge in [-0.2, -0.15) is 0 Å². The Morgan fingerprint density at radius 3 is 2.72 bits per heavy atom. The summed E-state index contributed by atoms with van der Waals surface area (Å²) in [6.45, 7) is 1.60. The molecule has 134 valence electrons. The fourth-order valence-corrected chi connectivity index (χ4v) is 4.97. The molecular weight excluding hydrogens is 360 g/mol. The van der Waals surface area contributed by atoms with Crippen LogP contribution >= 0.6 is 11.3 Å². The second kappa shape index (κ2) is 7.55. The van der Waals surface area contributed by atoms with Crippen LogP contribution < -0.4 is 9.46 Å². The Hall–Kier alpha value is -1.90. The molecule has 2 heterocycles. The van der Waals surface area contributed by atoms with Gasteiger partial charge in [-0.3, -0.25) is 4.79 Å². The first-order valence-electron chi connectivity index (χ1n) is 8.00. The maximum absolute atomic E-state index is 12.5. The zero-order valence-corrected chi connectivity index (χ0v) is 15.5. The Bertz CT molecular complexity index is 855. The lowest BCUT2D eigenvalue weighted by Gasteiger charge is -2.13. The van der Waals surface area contributed by atoms with Gasteiger partial charge in [0.05, 0.1) is 12.7 Å². The molecule has 0 unspecified atom stereocenters. The normalized spacial score (nSPS) is 14.7. The van der Waals surface area contributed by atoms with Crippen molar-refractivity contribution in [3.05, 3.63) is 46.8 Å². The fraction of sp³-hybridized carbons (Fsp3) is 0.353. The third kappa shape index (κ3) is 4.02. The lowest BCUT2D eigenvalue weighted by molar-refractivity contribution is 0.0793. The Morgan fingerprint density at radius 1 is 1.28 bits per heavy atom. The maximum Gasteiger partial charge on any atom is 0.254 e. The number of amides is 1. The van der Waals surface area contributed by atoms with Crippen molar-refractivity contribution in [3.63, 3.8) is 0 Å². The molecule has 1 aliphatic rings. The molecule has 6 nitrogen and oxygen atoms in total. The van der Waals surface area contributed by atoms with Gasteiger partial charge in [0.1, 0.15) is 9.96 Å². The van der Waals surface area contributed by atoms with E-state index in [0.717, 1.165) is 42.8 Å². The Kier molecular flexibility index (Phi) is 5.41. The zero-order chi connectivity index (χ0) is 17.9. The number of carbonyl (C=O) groups is 1. The van der Waals surface area contributed by atoms with E-state index >= 15 is 0 Å². The number of methoxy groups -OCH3 is 1. The Morgan fingerprint density at radius 2 is 2.00 bits per heavy atom. The molecule has 0 aliphatic carbocycles. The van der Waals surface area contributed by atoms with E-state index in [4.69, 9.17) is 4.74 Å². The topological polar surface area (TPSA) is 75.7 Å². The second-order valence-electron chi connectivity index (χ2n) is 5.79. The molecule has 1 N–H and O–H groups in total. The summed E-state index contributed by atoms with van der Waals surface area (Å²) >= 11 is 1.06. The van der Waals surface area contributed by atoms with Crippen molar-refractivity contribution in [2.45, 2.75) is 23.6 Å². The highest BCUT2D eigenvalue weighted by Crippen LogP contribution is 2.24. The summed E-state index contributed by atoms with van der Waals surface area (Å²) < 4.78 is 32.9. The molecule has 0 saturated carbocycles. The summed E-state index contributed by atoms with van der Waals surface area (Å²) in [6.07, 6.45) is 2.00. The predicted octanol–water partition coefficient (Wildman–Crippen LogP) is 2.47. The summed E-state index contributed by atoms with van der Waals surface area (Å²) in [5.41, 5.74) is 1.18. The molecule has 8 heteroatoms. The summed E-state index contributed by atoms with van der Waals surface area (Å²) in [7, 11) is -2.13. The molecule has 0 atom stereocenters. The van der Waals surface area contributed by atoms with Crippen LogP contribution in [0.15, 0.2) is 39.9 Å². The average molecular weight is 380 g/mol. The molecule has 25 heavy (non-hydrogen) atoms. The first kappa shape index (κ1) is 17.9. The highest BCUT2D eigenvalue weighted by Gasteiger charge is 2.23. The van der Waals surface area contributed by atoms with Gasteiger partial charge in [-0.1, -0.05) is 18.2 Å². The van der Waals surface area contributed by atoms with Gasteiger partial charge in [0.15, 0.2) is 0 Å². The lowest BCUT2D eigenvalue weighted by atomic mass is 10.2. The zero-order valence-electron chi connectivity index (χ0n) is 13.9. The number of benzene rings is 1. The minimum Gasteiger partial charge on any atom is -0.496 e. The van der Waals surface area contributed by atoms with Crippen LogP contribution in [0.1, 0.15) is 28.8 Å². The summed E-state index contributed by atoms with van der Waals surface area (Å²) in [4.78, 5) is 14.1. The number of hydrogen-bond acceptors (Lipinski definition) is 5. The van der Waals surface area contributed by atoms with E-state index in [1.54, 1.807) is 29.5 Å². The number of thiophene rings is 1. The van der Waals surface area contributed by atoms with Crippen LogP contribution in [0.5, 0.6) is 5.75 Å². The van der Waals surface area contributed by atoms with E-state index in [-0.39, 0.29) is 16.7 Å². The van der Waals surface area contributed by atoms with E-state index in [1.807, 2.05) is 12.1 Å². The molecule has 1 aliphatic heterocycles. The minimum atomic E-state index is -3.68. The molecule has 0 bridgehead atoms. The van der Waals surface area contributed by atoms with Crippen molar-refractivity contribution in [3.8, 4) is 5.75 Å². The smallest absolute Gasteiger partial charge is 0.254 e. The highest BCUT2D eigenvalue weighted by atomic mass is 32.2. The minimum absolute atomic E-state index is 0.0973. The molecule has 1 fully saturated rings. The van der Waals surface area contributed by atoms with Crippen LogP contribution in [0.3, 0.4) is 0 Å². The quantitative estimate of drug-likeness (QED) is 0.835. The third-order valence-electron chi connectivity index (χ3n) is 4.13. The van der Waals surface area contributed by atoms with Gasteiger partial charge in [0, 0.05) is 30.6 Å². The number of rotatable bonds is 6. The van der Waals surface area contributed by atoms with Crippen molar-refractivity contribution in [1.29, 1.82) is 0 Å². The van der Waals surface area contributed by atoms with Crippen molar-refractivity contribution in [1.82, 2.24) is 9.62 Å². The molecule has 1 amide bonds. The third-order valence-corrected chi connectivity index (χ3v) is 6.97. The van der Waals surface area contributed by atoms with Gasteiger partial charge in [0.2, 0.25) is 10.0 Å². The number of likely N-dealkylation sites (tertiary alicyclic amines) is 1. The molecule has 1 saturated heterocycles. The lowest BCUT2D eigenvalue weighted by Crippen LogP contribution is -2.27. The van der Waals surface area contributed by atoms with Crippen LogP contribution in [-0.2, 0) is 16.6 Å². The Labute approximate surface area is 151 Å². The van der Waals surface area contributed by atoms with Crippen LogP contribution in [0.25, 0.3) is 0 Å². The maximum atomic E-state index is 12.5. The molecular formula is C17H20N2O4S2. The largest absolute Gasteiger partial charge is 0.496 e. The molecule has 0 radical (unpaired) electrons. The number of carbonyl (C=O) groups excluding carboxylic acids is 1. The van der Waals surface area contributed by atoms with E-state index in [2.05, 4.69) is 4.72 Å². The summed E-state index contributed by atoms with van der Waals surface area (Å²) in [6, 6.07) is 8.69. The van der Waals surface area contributed by atoms with Gasteiger partial charge in [-0.05, 0) is 25.0 Å². The number of sulfonamides is 1. The molecule has 3 rings (SSSR count). The second-order valence-corrected chi connectivity index (χ2v) is 8.70. The number of nitrogens with zero attached hydrogens (tertiary/aromatic N) is 1. The number of hydrogen-bond donors (Lipinski definition) is 1.